The Morgan fingerprint density at radius 2 is 1.15 bits per heavy atom. The van der Waals surface area contributed by atoms with Crippen LogP contribution in [0.3, 0.4) is 0 Å². The zero-order valence-corrected chi connectivity index (χ0v) is 20.5. The maximum absolute atomic E-state index is 12.7. The van der Waals surface area contributed by atoms with Crippen molar-refractivity contribution < 1.29 is 28.6 Å². The Morgan fingerprint density at radius 1 is 0.735 bits per heavy atom. The number of hydrogen-bond donors (Lipinski definition) is 2. The second kappa shape index (κ2) is 10.8. The summed E-state index contributed by atoms with van der Waals surface area (Å²) in [4.78, 5) is 50.0. The maximum Gasteiger partial charge on any atom is 0.230 e. The molecule has 34 heavy (non-hydrogen) atoms. The summed E-state index contributed by atoms with van der Waals surface area (Å²) in [6.45, 7) is 9.72. The summed E-state index contributed by atoms with van der Waals surface area (Å²) in [7, 11) is 0. The van der Waals surface area contributed by atoms with Crippen molar-refractivity contribution in [2.24, 2.45) is 10.8 Å². The molecule has 186 valence electrons. The fourth-order valence-corrected chi connectivity index (χ4v) is 3.91. The van der Waals surface area contributed by atoms with E-state index in [2.05, 4.69) is 20.8 Å². The Kier molecular flexibility index (Phi) is 8.64. The molecule has 2 aromatic rings. The highest BCUT2D eigenvalue weighted by Gasteiger charge is 2.37. The van der Waals surface area contributed by atoms with E-state index in [1.807, 2.05) is 0 Å². The second-order valence-electron chi connectivity index (χ2n) is 10.6. The van der Waals surface area contributed by atoms with E-state index in [4.69, 9.17) is 8.83 Å². The third-order valence-corrected chi connectivity index (χ3v) is 6.03. The van der Waals surface area contributed by atoms with Gasteiger partial charge in [-0.3, -0.25) is 19.2 Å². The first-order valence-electron chi connectivity index (χ1n) is 11.3. The highest BCUT2D eigenvalue weighted by molar-refractivity contribution is 5.86. The average molecular weight is 475 g/mol. The SMILES string of the molecule is CC(C)(C)CCC(=O)CCC(=O)CCC(C)(C)C(c1cocc(O)c1=O)c1cocc(O)c1=O. The van der Waals surface area contributed by atoms with Gasteiger partial charge in [0.1, 0.15) is 24.1 Å². The fraction of sp³-hybridized carbons (Fsp3) is 0.538. The Balaban J connectivity index is 2.21. The van der Waals surface area contributed by atoms with E-state index in [0.29, 0.717) is 6.42 Å². The molecule has 8 heteroatoms. The molecule has 0 aliphatic rings. The molecule has 0 unspecified atom stereocenters. The lowest BCUT2D eigenvalue weighted by Gasteiger charge is -2.33. The topological polar surface area (TPSA) is 135 Å². The van der Waals surface area contributed by atoms with Crippen LogP contribution in [0.4, 0.5) is 0 Å². The minimum Gasteiger partial charge on any atom is -0.502 e. The van der Waals surface area contributed by atoms with Crippen molar-refractivity contribution >= 4 is 11.6 Å². The molecular weight excluding hydrogens is 440 g/mol. The molecule has 0 radical (unpaired) electrons. The van der Waals surface area contributed by atoms with Crippen LogP contribution in [0, 0.1) is 10.8 Å². The van der Waals surface area contributed by atoms with Gasteiger partial charge in [-0.05, 0) is 23.7 Å². The van der Waals surface area contributed by atoms with E-state index in [0.717, 1.165) is 31.5 Å². The number of carbonyl (C=O) groups excluding carboxylic acids is 2. The van der Waals surface area contributed by atoms with Gasteiger partial charge in [-0.25, -0.2) is 0 Å². The molecule has 8 nitrogen and oxygen atoms in total. The first-order valence-corrected chi connectivity index (χ1v) is 11.3. The highest BCUT2D eigenvalue weighted by Crippen LogP contribution is 2.42. The quantitative estimate of drug-likeness (QED) is 0.479. The molecule has 0 amide bonds. The van der Waals surface area contributed by atoms with E-state index in [1.54, 1.807) is 13.8 Å². The van der Waals surface area contributed by atoms with E-state index in [-0.39, 0.29) is 53.8 Å². The number of rotatable bonds is 11. The van der Waals surface area contributed by atoms with Gasteiger partial charge in [0, 0.05) is 42.7 Å². The van der Waals surface area contributed by atoms with Crippen LogP contribution in [-0.4, -0.2) is 21.8 Å². The van der Waals surface area contributed by atoms with Gasteiger partial charge in [0.05, 0.1) is 12.5 Å². The fourth-order valence-electron chi connectivity index (χ4n) is 3.91. The van der Waals surface area contributed by atoms with Crippen molar-refractivity contribution in [3.8, 4) is 11.5 Å². The van der Waals surface area contributed by atoms with E-state index in [1.165, 1.54) is 0 Å². The lowest BCUT2D eigenvalue weighted by molar-refractivity contribution is -0.124. The molecule has 2 rings (SSSR count). The summed E-state index contributed by atoms with van der Waals surface area (Å²) in [5.41, 5.74) is -2.22. The summed E-state index contributed by atoms with van der Waals surface area (Å²) in [5, 5.41) is 19.8. The zero-order chi connectivity index (χ0) is 25.7. The molecule has 0 bridgehead atoms. The van der Waals surface area contributed by atoms with Gasteiger partial charge in [0.25, 0.3) is 0 Å². The molecule has 2 N–H and O–H groups in total. The number of hydrogen-bond acceptors (Lipinski definition) is 8. The minimum absolute atomic E-state index is 0.00714. The Labute approximate surface area is 198 Å². The Hall–Kier alpha value is -3.16. The highest BCUT2D eigenvalue weighted by atomic mass is 16.3. The van der Waals surface area contributed by atoms with Gasteiger partial charge in [-0.1, -0.05) is 34.6 Å². The van der Waals surface area contributed by atoms with Crippen LogP contribution < -0.4 is 10.9 Å². The molecule has 0 aliphatic heterocycles. The van der Waals surface area contributed by atoms with Crippen LogP contribution in [-0.2, 0) is 9.59 Å². The largest absolute Gasteiger partial charge is 0.502 e. The summed E-state index contributed by atoms with van der Waals surface area (Å²) < 4.78 is 10.2. The van der Waals surface area contributed by atoms with Crippen LogP contribution in [0.1, 0.15) is 90.2 Å². The van der Waals surface area contributed by atoms with Crippen molar-refractivity contribution in [1.82, 2.24) is 0 Å². The molecule has 0 saturated heterocycles. The molecule has 2 aromatic heterocycles. The van der Waals surface area contributed by atoms with Crippen LogP contribution in [0.5, 0.6) is 11.5 Å². The predicted molar refractivity (Wildman–Crippen MR) is 126 cm³/mol. The van der Waals surface area contributed by atoms with Gasteiger partial charge >= 0.3 is 0 Å². The van der Waals surface area contributed by atoms with Crippen molar-refractivity contribution in [3.63, 3.8) is 0 Å². The molecular formula is C26H34O8. The zero-order valence-electron chi connectivity index (χ0n) is 20.5. The second-order valence-corrected chi connectivity index (χ2v) is 10.6. The van der Waals surface area contributed by atoms with Gasteiger partial charge < -0.3 is 19.0 Å². The first-order chi connectivity index (χ1) is 15.7. The van der Waals surface area contributed by atoms with Crippen LogP contribution in [0.15, 0.2) is 43.5 Å². The van der Waals surface area contributed by atoms with Crippen LogP contribution >= 0.6 is 0 Å². The standard InChI is InChI=1S/C26H34O8/c1-25(2,3)10-8-16(27)6-7-17(28)9-11-26(4,5)22(18-12-33-14-20(29)23(18)31)19-13-34-15-21(30)24(19)32/h12-15,22,29-30H,6-11H2,1-5H3. The van der Waals surface area contributed by atoms with Crippen LogP contribution in [0.25, 0.3) is 0 Å². The lowest BCUT2D eigenvalue weighted by Crippen LogP contribution is -2.31. The van der Waals surface area contributed by atoms with Crippen molar-refractivity contribution in [3.05, 3.63) is 56.6 Å². The lowest BCUT2D eigenvalue weighted by atomic mass is 9.69. The maximum atomic E-state index is 12.7. The third kappa shape index (κ3) is 7.17. The van der Waals surface area contributed by atoms with Crippen molar-refractivity contribution in [2.45, 2.75) is 79.1 Å². The summed E-state index contributed by atoms with van der Waals surface area (Å²) >= 11 is 0. The minimum atomic E-state index is -0.930. The predicted octanol–water partition coefficient (Wildman–Crippen LogP) is 4.69. The molecule has 0 fully saturated rings. The van der Waals surface area contributed by atoms with E-state index < -0.39 is 33.7 Å². The molecule has 2 heterocycles. The molecule has 0 spiro atoms. The number of carbonyl (C=O) groups is 2. The van der Waals surface area contributed by atoms with Crippen LogP contribution in [0.2, 0.25) is 0 Å². The van der Waals surface area contributed by atoms with Gasteiger partial charge in [0.15, 0.2) is 11.5 Å². The molecule has 0 atom stereocenters. The van der Waals surface area contributed by atoms with Gasteiger partial charge in [-0.2, -0.15) is 0 Å². The molecule has 0 aliphatic carbocycles. The Morgan fingerprint density at radius 3 is 1.56 bits per heavy atom. The average Bonchev–Trinajstić information content (AvgIpc) is 2.75. The van der Waals surface area contributed by atoms with Gasteiger partial charge in [-0.15, -0.1) is 0 Å². The molecule has 0 aromatic carbocycles. The Bertz CT molecular complexity index is 1070. The summed E-state index contributed by atoms with van der Waals surface area (Å²) in [6.07, 6.45) is 5.99. The monoisotopic (exact) mass is 474 g/mol. The third-order valence-electron chi connectivity index (χ3n) is 6.03. The molecule has 0 saturated carbocycles. The first kappa shape index (κ1) is 27.1. The van der Waals surface area contributed by atoms with Crippen molar-refractivity contribution in [1.29, 1.82) is 0 Å². The van der Waals surface area contributed by atoms with E-state index >= 15 is 0 Å². The normalized spacial score (nSPS) is 12.2. The number of ketones is 2. The smallest absolute Gasteiger partial charge is 0.230 e. The number of aromatic hydroxyl groups is 2. The van der Waals surface area contributed by atoms with E-state index in [9.17, 15) is 29.4 Å². The van der Waals surface area contributed by atoms with Crippen molar-refractivity contribution in [2.75, 3.05) is 0 Å². The number of Topliss-reactive ketones (excluding diaryl/α,β-unsaturated/α-hetero) is 2. The summed E-state index contributed by atoms with van der Waals surface area (Å²) in [6, 6.07) is 0. The van der Waals surface area contributed by atoms with Gasteiger partial charge in [0.2, 0.25) is 10.9 Å². The summed E-state index contributed by atoms with van der Waals surface area (Å²) in [5.74, 6) is -2.21.